The lowest BCUT2D eigenvalue weighted by Crippen LogP contribution is -2.49. The molecule has 0 saturated carbocycles. The predicted molar refractivity (Wildman–Crippen MR) is 87.2 cm³/mol. The van der Waals surface area contributed by atoms with Crippen molar-refractivity contribution in [1.29, 1.82) is 0 Å². The van der Waals surface area contributed by atoms with Crippen LogP contribution < -0.4 is 10.6 Å². The first-order valence-electron chi connectivity index (χ1n) is 7.26. The Morgan fingerprint density at radius 1 is 1.26 bits per heavy atom. The summed E-state index contributed by atoms with van der Waals surface area (Å²) < 4.78 is 27.2. The third-order valence-electron chi connectivity index (χ3n) is 3.97. The van der Waals surface area contributed by atoms with Gasteiger partial charge in [0.05, 0.1) is 9.21 Å². The van der Waals surface area contributed by atoms with E-state index in [1.807, 2.05) is 0 Å². The van der Waals surface area contributed by atoms with Crippen molar-refractivity contribution in [2.75, 3.05) is 13.1 Å². The molecule has 2 unspecified atom stereocenters. The van der Waals surface area contributed by atoms with Crippen LogP contribution in [-0.2, 0) is 0 Å². The number of carbonyl (C=O) groups excluding carboxylic acids is 1. The van der Waals surface area contributed by atoms with Crippen LogP contribution in [0, 0.1) is 11.6 Å². The Morgan fingerprint density at radius 2 is 2.09 bits per heavy atom. The molecule has 3 nitrogen and oxygen atoms in total. The van der Waals surface area contributed by atoms with Gasteiger partial charge in [-0.05, 0) is 42.8 Å². The van der Waals surface area contributed by atoms with Crippen LogP contribution in [0.4, 0.5) is 8.78 Å². The predicted octanol–water partition coefficient (Wildman–Crippen LogP) is 3.56. The maximum Gasteiger partial charge on any atom is 0.261 e. The second kappa shape index (κ2) is 6.95. The van der Waals surface area contributed by atoms with Crippen LogP contribution in [0.3, 0.4) is 0 Å². The highest BCUT2D eigenvalue weighted by molar-refractivity contribution is 7.18. The molecule has 1 amide bonds. The maximum absolute atomic E-state index is 13.5. The lowest BCUT2D eigenvalue weighted by Gasteiger charge is -2.33. The van der Waals surface area contributed by atoms with E-state index in [1.54, 1.807) is 18.2 Å². The summed E-state index contributed by atoms with van der Waals surface area (Å²) in [4.78, 5) is 12.8. The molecule has 1 saturated heterocycles. The van der Waals surface area contributed by atoms with Crippen molar-refractivity contribution in [3.8, 4) is 0 Å². The van der Waals surface area contributed by atoms with Gasteiger partial charge in [-0.15, -0.1) is 11.3 Å². The Labute approximate surface area is 141 Å². The third kappa shape index (κ3) is 3.71. The minimum Gasteiger partial charge on any atom is -0.347 e. The number of benzene rings is 1. The molecule has 1 aromatic carbocycles. The Kier molecular flexibility index (Phi) is 4.94. The Hall–Kier alpha value is -1.50. The zero-order chi connectivity index (χ0) is 16.4. The molecule has 2 atom stereocenters. The van der Waals surface area contributed by atoms with Crippen LogP contribution in [0.15, 0.2) is 30.3 Å². The van der Waals surface area contributed by atoms with Gasteiger partial charge in [0.15, 0.2) is 11.6 Å². The molecule has 0 radical (unpaired) electrons. The number of piperidine rings is 1. The molecule has 2 aromatic rings. The number of thiophene rings is 1. The van der Waals surface area contributed by atoms with E-state index in [0.717, 1.165) is 19.0 Å². The van der Waals surface area contributed by atoms with Crippen molar-refractivity contribution in [1.82, 2.24) is 10.6 Å². The molecule has 1 aromatic heterocycles. The molecule has 7 heteroatoms. The summed E-state index contributed by atoms with van der Waals surface area (Å²) in [6, 6.07) is 7.08. The molecule has 0 aliphatic carbocycles. The Balaban J connectivity index is 1.78. The average molecular weight is 357 g/mol. The lowest BCUT2D eigenvalue weighted by molar-refractivity contribution is 0.0928. The first-order chi connectivity index (χ1) is 11.0. The summed E-state index contributed by atoms with van der Waals surface area (Å²) in [5, 5.41) is 6.18. The Bertz CT molecular complexity index is 722. The van der Waals surface area contributed by atoms with E-state index in [9.17, 15) is 13.6 Å². The molecular formula is C16H15ClF2N2OS. The quantitative estimate of drug-likeness (QED) is 0.883. The van der Waals surface area contributed by atoms with Gasteiger partial charge in [-0.1, -0.05) is 17.7 Å². The largest absolute Gasteiger partial charge is 0.347 e. The normalized spacial score (nSPS) is 21.2. The van der Waals surface area contributed by atoms with Crippen LogP contribution in [-0.4, -0.2) is 25.0 Å². The third-order valence-corrected chi connectivity index (χ3v) is 5.20. The van der Waals surface area contributed by atoms with E-state index in [4.69, 9.17) is 11.6 Å². The highest BCUT2D eigenvalue weighted by Crippen LogP contribution is 2.28. The zero-order valence-electron chi connectivity index (χ0n) is 12.1. The van der Waals surface area contributed by atoms with E-state index in [2.05, 4.69) is 10.6 Å². The molecule has 1 aliphatic heterocycles. The molecule has 3 rings (SSSR count). The van der Waals surface area contributed by atoms with Gasteiger partial charge < -0.3 is 10.6 Å². The SMILES string of the molecule is O=C(NC1CNCCC1c1ccc(F)c(F)c1)c1ccc(Cl)s1. The molecule has 23 heavy (non-hydrogen) atoms. The average Bonchev–Trinajstić information content (AvgIpc) is 2.97. The molecule has 2 N–H and O–H groups in total. The fourth-order valence-corrected chi connectivity index (χ4v) is 3.77. The van der Waals surface area contributed by atoms with Crippen molar-refractivity contribution in [3.63, 3.8) is 0 Å². The first-order valence-corrected chi connectivity index (χ1v) is 8.46. The van der Waals surface area contributed by atoms with Gasteiger partial charge >= 0.3 is 0 Å². The van der Waals surface area contributed by atoms with E-state index >= 15 is 0 Å². The summed E-state index contributed by atoms with van der Waals surface area (Å²) in [5.74, 6) is -2.00. The molecule has 1 aliphatic rings. The monoisotopic (exact) mass is 356 g/mol. The smallest absolute Gasteiger partial charge is 0.261 e. The topological polar surface area (TPSA) is 41.1 Å². The molecule has 2 heterocycles. The molecular weight excluding hydrogens is 342 g/mol. The van der Waals surface area contributed by atoms with Crippen LogP contribution in [0.2, 0.25) is 4.34 Å². The van der Waals surface area contributed by atoms with Crippen LogP contribution in [0.1, 0.15) is 27.6 Å². The van der Waals surface area contributed by atoms with E-state index in [1.165, 1.54) is 17.4 Å². The van der Waals surface area contributed by atoms with Crippen molar-refractivity contribution >= 4 is 28.8 Å². The van der Waals surface area contributed by atoms with Crippen molar-refractivity contribution in [2.24, 2.45) is 0 Å². The number of carbonyl (C=O) groups is 1. The summed E-state index contributed by atoms with van der Waals surface area (Å²) in [6.45, 7) is 1.34. The standard InChI is InChI=1S/C16H15ClF2N2OS/c17-15-4-3-14(23-15)16(22)21-13-8-20-6-5-10(13)9-1-2-11(18)12(19)7-9/h1-4,7,10,13,20H,5-6,8H2,(H,21,22). The highest BCUT2D eigenvalue weighted by Gasteiger charge is 2.29. The number of rotatable bonds is 3. The second-order valence-corrected chi connectivity index (χ2v) is 7.17. The van der Waals surface area contributed by atoms with Crippen molar-refractivity contribution in [2.45, 2.75) is 18.4 Å². The molecule has 122 valence electrons. The summed E-state index contributed by atoms with van der Waals surface area (Å²) in [7, 11) is 0. The van der Waals surface area contributed by atoms with Gasteiger partial charge in [0.2, 0.25) is 0 Å². The summed E-state index contributed by atoms with van der Waals surface area (Å²) in [5.41, 5.74) is 0.694. The maximum atomic E-state index is 13.5. The fourth-order valence-electron chi connectivity index (χ4n) is 2.83. The summed E-state index contributed by atoms with van der Waals surface area (Å²) >= 11 is 7.06. The van der Waals surface area contributed by atoms with Gasteiger partial charge in [-0.25, -0.2) is 8.78 Å². The Morgan fingerprint density at radius 3 is 2.78 bits per heavy atom. The lowest BCUT2D eigenvalue weighted by atomic mass is 9.86. The number of hydrogen-bond donors (Lipinski definition) is 2. The minimum atomic E-state index is -0.865. The van der Waals surface area contributed by atoms with Gasteiger partial charge in [-0.2, -0.15) is 0 Å². The fraction of sp³-hybridized carbons (Fsp3) is 0.312. The second-order valence-electron chi connectivity index (χ2n) is 5.46. The van der Waals surface area contributed by atoms with Crippen molar-refractivity contribution < 1.29 is 13.6 Å². The van der Waals surface area contributed by atoms with E-state index in [-0.39, 0.29) is 17.9 Å². The number of amides is 1. The van der Waals surface area contributed by atoms with Gasteiger partial charge in [0.25, 0.3) is 5.91 Å². The van der Waals surface area contributed by atoms with Gasteiger partial charge in [0.1, 0.15) is 0 Å². The minimum absolute atomic E-state index is 0.0641. The molecule has 1 fully saturated rings. The van der Waals surface area contributed by atoms with Gasteiger partial charge in [-0.3, -0.25) is 4.79 Å². The molecule has 0 bridgehead atoms. The van der Waals surface area contributed by atoms with Crippen LogP contribution in [0.25, 0.3) is 0 Å². The zero-order valence-corrected chi connectivity index (χ0v) is 13.7. The highest BCUT2D eigenvalue weighted by atomic mass is 35.5. The first kappa shape index (κ1) is 16.4. The number of hydrogen-bond acceptors (Lipinski definition) is 3. The number of halogens is 3. The molecule has 0 spiro atoms. The number of nitrogens with one attached hydrogen (secondary N) is 2. The van der Waals surface area contributed by atoms with Crippen molar-refractivity contribution in [3.05, 3.63) is 56.7 Å². The van der Waals surface area contributed by atoms with Crippen LogP contribution in [0.5, 0.6) is 0 Å². The van der Waals surface area contributed by atoms with E-state index in [0.29, 0.717) is 21.3 Å². The summed E-state index contributed by atoms with van der Waals surface area (Å²) in [6.07, 6.45) is 0.737. The van der Waals surface area contributed by atoms with Gasteiger partial charge in [0, 0.05) is 18.5 Å². The van der Waals surface area contributed by atoms with E-state index < -0.39 is 11.6 Å². The van der Waals surface area contributed by atoms with Crippen LogP contribution >= 0.6 is 22.9 Å².